The lowest BCUT2D eigenvalue weighted by Crippen LogP contribution is -1.99. The maximum Gasteiger partial charge on any atom is 0.168 e. The number of hydrazone groups is 1. The molecule has 22 heavy (non-hydrogen) atoms. The quantitative estimate of drug-likeness (QED) is 0.591. The molecule has 0 aliphatic heterocycles. The number of aromatic nitrogens is 2. The molecule has 0 atom stereocenters. The summed E-state index contributed by atoms with van der Waals surface area (Å²) in [5.74, 6) is 1.48. The molecule has 3 aromatic rings. The molecule has 1 aromatic heterocycles. The molecule has 0 spiro atoms. The van der Waals surface area contributed by atoms with E-state index in [-0.39, 0.29) is 0 Å². The summed E-state index contributed by atoms with van der Waals surface area (Å²) >= 11 is 0. The molecule has 0 bridgehead atoms. The summed E-state index contributed by atoms with van der Waals surface area (Å²) in [6, 6.07) is 15.4. The van der Waals surface area contributed by atoms with Gasteiger partial charge in [0, 0.05) is 0 Å². The number of para-hydroxylation sites is 2. The van der Waals surface area contributed by atoms with Crippen LogP contribution in [0.25, 0.3) is 11.0 Å². The number of hydrogen-bond donors (Lipinski definition) is 1. The van der Waals surface area contributed by atoms with Crippen molar-refractivity contribution in [3.63, 3.8) is 0 Å². The molecule has 0 aliphatic carbocycles. The molecule has 0 saturated heterocycles. The van der Waals surface area contributed by atoms with Crippen molar-refractivity contribution in [2.24, 2.45) is 5.10 Å². The van der Waals surface area contributed by atoms with Crippen molar-refractivity contribution in [1.29, 1.82) is 0 Å². The Kier molecular flexibility index (Phi) is 3.96. The normalized spacial score (nSPS) is 11.0. The first-order chi connectivity index (χ1) is 10.8. The van der Waals surface area contributed by atoms with Crippen molar-refractivity contribution in [1.82, 2.24) is 9.97 Å². The smallest absolute Gasteiger partial charge is 0.168 e. The number of hydrogen-bond acceptors (Lipinski definition) is 5. The van der Waals surface area contributed by atoms with Crippen molar-refractivity contribution in [2.75, 3.05) is 12.5 Å². The predicted molar refractivity (Wildman–Crippen MR) is 88.5 cm³/mol. The van der Waals surface area contributed by atoms with Gasteiger partial charge in [0.25, 0.3) is 0 Å². The average Bonchev–Trinajstić information content (AvgIpc) is 2.56. The summed E-state index contributed by atoms with van der Waals surface area (Å²) in [7, 11) is 1.64. The summed E-state index contributed by atoms with van der Waals surface area (Å²) in [4.78, 5) is 9.03. The molecule has 1 N–H and O–H groups in total. The van der Waals surface area contributed by atoms with Crippen molar-refractivity contribution in [3.05, 3.63) is 59.8 Å². The molecule has 5 heteroatoms. The van der Waals surface area contributed by atoms with Gasteiger partial charge in [-0.05, 0) is 48.9 Å². The molecule has 0 amide bonds. The molecule has 110 valence electrons. The van der Waals surface area contributed by atoms with E-state index in [9.17, 15) is 0 Å². The number of nitrogens with zero attached hydrogens (tertiary/aromatic N) is 3. The molecule has 0 aliphatic rings. The second-order valence-corrected chi connectivity index (χ2v) is 4.79. The third-order valence-electron chi connectivity index (χ3n) is 3.24. The van der Waals surface area contributed by atoms with Gasteiger partial charge in [0.05, 0.1) is 30.1 Å². The number of anilines is 1. The van der Waals surface area contributed by atoms with Crippen LogP contribution in [0.1, 0.15) is 11.3 Å². The average molecular weight is 292 g/mol. The Labute approximate surface area is 128 Å². The van der Waals surface area contributed by atoms with Crippen LogP contribution in [-0.4, -0.2) is 23.3 Å². The molecule has 1 heterocycles. The van der Waals surface area contributed by atoms with Gasteiger partial charge in [-0.25, -0.2) is 9.97 Å². The van der Waals surface area contributed by atoms with Gasteiger partial charge >= 0.3 is 0 Å². The molecule has 0 fully saturated rings. The van der Waals surface area contributed by atoms with Crippen LogP contribution >= 0.6 is 0 Å². The fourth-order valence-corrected chi connectivity index (χ4v) is 2.05. The van der Waals surface area contributed by atoms with Crippen molar-refractivity contribution >= 4 is 23.1 Å². The highest BCUT2D eigenvalue weighted by Gasteiger charge is 2.03. The van der Waals surface area contributed by atoms with Gasteiger partial charge in [0.1, 0.15) is 5.75 Å². The number of aryl methyl sites for hydroxylation is 1. The maximum absolute atomic E-state index is 5.12. The summed E-state index contributed by atoms with van der Waals surface area (Å²) < 4.78 is 5.12. The van der Waals surface area contributed by atoms with Gasteiger partial charge < -0.3 is 4.74 Å². The fourth-order valence-electron chi connectivity index (χ4n) is 2.05. The minimum absolute atomic E-state index is 0.656. The fraction of sp³-hybridized carbons (Fsp3) is 0.118. The topological polar surface area (TPSA) is 59.4 Å². The van der Waals surface area contributed by atoms with E-state index in [1.54, 1.807) is 13.3 Å². The van der Waals surface area contributed by atoms with E-state index in [2.05, 4.69) is 20.5 Å². The van der Waals surface area contributed by atoms with Gasteiger partial charge in [-0.1, -0.05) is 12.1 Å². The van der Waals surface area contributed by atoms with E-state index in [1.807, 2.05) is 55.5 Å². The van der Waals surface area contributed by atoms with Crippen LogP contribution in [-0.2, 0) is 0 Å². The third kappa shape index (κ3) is 3.03. The summed E-state index contributed by atoms with van der Waals surface area (Å²) in [5, 5.41) is 4.22. The zero-order valence-electron chi connectivity index (χ0n) is 12.4. The van der Waals surface area contributed by atoms with Gasteiger partial charge in [-0.15, -0.1) is 0 Å². The van der Waals surface area contributed by atoms with Crippen LogP contribution in [0.2, 0.25) is 0 Å². The molecule has 0 unspecified atom stereocenters. The van der Waals surface area contributed by atoms with E-state index >= 15 is 0 Å². The second kappa shape index (κ2) is 6.22. The van der Waals surface area contributed by atoms with E-state index in [4.69, 9.17) is 4.74 Å². The Morgan fingerprint density at radius 3 is 2.36 bits per heavy atom. The van der Waals surface area contributed by atoms with E-state index < -0.39 is 0 Å². The predicted octanol–water partition coefficient (Wildman–Crippen LogP) is 3.39. The molecular weight excluding hydrogens is 276 g/mol. The first-order valence-corrected chi connectivity index (χ1v) is 6.93. The number of rotatable bonds is 4. The highest BCUT2D eigenvalue weighted by Crippen LogP contribution is 2.16. The van der Waals surface area contributed by atoms with Crippen LogP contribution in [0.5, 0.6) is 5.75 Å². The molecule has 2 aromatic carbocycles. The lowest BCUT2D eigenvalue weighted by Gasteiger charge is -2.05. The first-order valence-electron chi connectivity index (χ1n) is 6.93. The van der Waals surface area contributed by atoms with Crippen LogP contribution in [0, 0.1) is 6.92 Å². The molecule has 3 rings (SSSR count). The third-order valence-corrected chi connectivity index (χ3v) is 3.24. The van der Waals surface area contributed by atoms with E-state index in [1.165, 1.54) is 0 Å². The summed E-state index contributed by atoms with van der Waals surface area (Å²) in [6.07, 6.45) is 1.73. The molecule has 0 saturated carbocycles. The standard InChI is InChI=1S/C17H16N4O/c1-12-17(20-16-6-4-3-5-15(16)19-12)21-18-11-13-7-9-14(22-2)10-8-13/h3-11H,1-2H3,(H,20,21)/b18-11+. The molecule has 0 radical (unpaired) electrons. The first kappa shape index (κ1) is 14.0. The Morgan fingerprint density at radius 2 is 1.68 bits per heavy atom. The van der Waals surface area contributed by atoms with Gasteiger partial charge in [0.2, 0.25) is 0 Å². The number of methoxy groups -OCH3 is 1. The van der Waals surface area contributed by atoms with Gasteiger partial charge in [0.15, 0.2) is 5.82 Å². The minimum Gasteiger partial charge on any atom is -0.497 e. The number of fused-ring (bicyclic) bond motifs is 1. The Hall–Kier alpha value is -2.95. The van der Waals surface area contributed by atoms with Crippen LogP contribution < -0.4 is 10.2 Å². The van der Waals surface area contributed by atoms with Crippen molar-refractivity contribution in [2.45, 2.75) is 6.92 Å². The van der Waals surface area contributed by atoms with Crippen LogP contribution in [0.4, 0.5) is 5.82 Å². The molecular formula is C17H16N4O. The minimum atomic E-state index is 0.656. The molecule has 5 nitrogen and oxygen atoms in total. The lowest BCUT2D eigenvalue weighted by molar-refractivity contribution is 0.415. The summed E-state index contributed by atoms with van der Waals surface area (Å²) in [6.45, 7) is 1.91. The van der Waals surface area contributed by atoms with Gasteiger partial charge in [-0.2, -0.15) is 5.10 Å². The Morgan fingerprint density at radius 1 is 1.00 bits per heavy atom. The monoisotopic (exact) mass is 292 g/mol. The number of nitrogens with one attached hydrogen (secondary N) is 1. The number of benzene rings is 2. The van der Waals surface area contributed by atoms with E-state index in [0.717, 1.165) is 28.0 Å². The highest BCUT2D eigenvalue weighted by atomic mass is 16.5. The van der Waals surface area contributed by atoms with Crippen LogP contribution in [0.3, 0.4) is 0 Å². The maximum atomic E-state index is 5.12. The number of ether oxygens (including phenoxy) is 1. The van der Waals surface area contributed by atoms with Crippen LogP contribution in [0.15, 0.2) is 53.6 Å². The zero-order chi connectivity index (χ0) is 15.4. The van der Waals surface area contributed by atoms with Crippen molar-refractivity contribution in [3.8, 4) is 5.75 Å². The second-order valence-electron chi connectivity index (χ2n) is 4.79. The highest BCUT2D eigenvalue weighted by molar-refractivity contribution is 5.81. The van der Waals surface area contributed by atoms with E-state index in [0.29, 0.717) is 5.82 Å². The zero-order valence-corrected chi connectivity index (χ0v) is 12.4. The SMILES string of the molecule is COc1ccc(/C=N/Nc2nc3ccccc3nc2C)cc1. The largest absolute Gasteiger partial charge is 0.497 e. The van der Waals surface area contributed by atoms with Gasteiger partial charge in [-0.3, -0.25) is 5.43 Å². The summed E-state index contributed by atoms with van der Waals surface area (Å²) in [5.41, 5.74) is 6.45. The Bertz CT molecular complexity index is 813. The Balaban J connectivity index is 1.77. The lowest BCUT2D eigenvalue weighted by atomic mass is 10.2. The van der Waals surface area contributed by atoms with Crippen molar-refractivity contribution < 1.29 is 4.74 Å².